The number of aromatic nitrogens is 3. The Balaban J connectivity index is 3.06. The number of thioether (sulfide) groups is 1. The van der Waals surface area contributed by atoms with E-state index in [1.54, 1.807) is 6.92 Å². The SMILES string of the molecule is CSc1nc(N)nc(C(C)O)n1. The second-order valence-corrected chi connectivity index (χ2v) is 2.99. The fraction of sp³-hybridized carbons (Fsp3) is 0.500. The van der Waals surface area contributed by atoms with Crippen LogP contribution in [-0.2, 0) is 0 Å². The molecular weight excluding hydrogens is 176 g/mol. The lowest BCUT2D eigenvalue weighted by Gasteiger charge is -2.03. The smallest absolute Gasteiger partial charge is 0.224 e. The number of aliphatic hydroxyl groups excluding tert-OH is 1. The highest BCUT2D eigenvalue weighted by molar-refractivity contribution is 7.98. The van der Waals surface area contributed by atoms with Crippen LogP contribution in [0.3, 0.4) is 0 Å². The van der Waals surface area contributed by atoms with Crippen LogP contribution in [0.5, 0.6) is 0 Å². The van der Waals surface area contributed by atoms with Gasteiger partial charge in [-0.05, 0) is 13.2 Å². The molecule has 66 valence electrons. The molecule has 1 atom stereocenters. The standard InChI is InChI=1S/C6H10N4OS/c1-3(11)4-8-5(7)10-6(9-4)12-2/h3,11H,1-2H3,(H2,7,8,9,10). The molecule has 0 aliphatic carbocycles. The van der Waals surface area contributed by atoms with E-state index >= 15 is 0 Å². The first-order valence-corrected chi connectivity index (χ1v) is 4.59. The van der Waals surface area contributed by atoms with Crippen molar-refractivity contribution in [2.45, 2.75) is 18.2 Å². The fourth-order valence-electron chi connectivity index (χ4n) is 0.666. The summed E-state index contributed by atoms with van der Waals surface area (Å²) in [4.78, 5) is 11.6. The molecule has 12 heavy (non-hydrogen) atoms. The predicted molar refractivity (Wildman–Crippen MR) is 46.7 cm³/mol. The van der Waals surface area contributed by atoms with E-state index in [0.717, 1.165) is 0 Å². The minimum atomic E-state index is -0.707. The molecule has 6 heteroatoms. The van der Waals surface area contributed by atoms with Crippen LogP contribution in [0.25, 0.3) is 0 Å². The number of nitrogen functional groups attached to an aromatic ring is 1. The molecule has 0 aliphatic heterocycles. The Morgan fingerprint density at radius 1 is 1.42 bits per heavy atom. The van der Waals surface area contributed by atoms with Gasteiger partial charge in [0.2, 0.25) is 5.95 Å². The molecule has 1 rings (SSSR count). The summed E-state index contributed by atoms with van der Waals surface area (Å²) in [5.41, 5.74) is 5.39. The van der Waals surface area contributed by atoms with Crippen molar-refractivity contribution < 1.29 is 5.11 Å². The number of hydrogen-bond acceptors (Lipinski definition) is 6. The van der Waals surface area contributed by atoms with Crippen molar-refractivity contribution in [2.75, 3.05) is 12.0 Å². The molecule has 1 heterocycles. The van der Waals surface area contributed by atoms with Gasteiger partial charge in [0.15, 0.2) is 11.0 Å². The normalized spacial score (nSPS) is 12.9. The molecule has 3 N–H and O–H groups in total. The molecule has 0 radical (unpaired) electrons. The lowest BCUT2D eigenvalue weighted by molar-refractivity contribution is 0.187. The molecule has 0 spiro atoms. The Hall–Kier alpha value is -0.880. The molecule has 0 aliphatic rings. The topological polar surface area (TPSA) is 84.9 Å². The molecule has 1 aromatic heterocycles. The van der Waals surface area contributed by atoms with Gasteiger partial charge in [0.05, 0.1) is 0 Å². The van der Waals surface area contributed by atoms with E-state index < -0.39 is 6.10 Å². The zero-order chi connectivity index (χ0) is 9.14. The largest absolute Gasteiger partial charge is 0.385 e. The van der Waals surface area contributed by atoms with Gasteiger partial charge in [-0.2, -0.15) is 9.97 Å². The third-order valence-electron chi connectivity index (χ3n) is 1.21. The highest BCUT2D eigenvalue weighted by Gasteiger charge is 2.07. The number of anilines is 1. The zero-order valence-corrected chi connectivity index (χ0v) is 7.67. The van der Waals surface area contributed by atoms with Crippen LogP contribution >= 0.6 is 11.8 Å². The molecule has 0 saturated heterocycles. The van der Waals surface area contributed by atoms with Gasteiger partial charge in [0, 0.05) is 0 Å². The maximum atomic E-state index is 9.15. The first-order valence-electron chi connectivity index (χ1n) is 3.37. The van der Waals surface area contributed by atoms with Crippen molar-refractivity contribution in [1.29, 1.82) is 0 Å². The van der Waals surface area contributed by atoms with Gasteiger partial charge in [0.25, 0.3) is 0 Å². The summed E-state index contributed by atoms with van der Waals surface area (Å²) in [6.07, 6.45) is 1.13. The third kappa shape index (κ3) is 2.05. The van der Waals surface area contributed by atoms with Crippen LogP contribution in [0.2, 0.25) is 0 Å². The molecule has 0 aromatic carbocycles. The van der Waals surface area contributed by atoms with Gasteiger partial charge in [-0.25, -0.2) is 4.98 Å². The summed E-state index contributed by atoms with van der Waals surface area (Å²) >= 11 is 1.36. The van der Waals surface area contributed by atoms with E-state index in [1.165, 1.54) is 11.8 Å². The molecule has 1 unspecified atom stereocenters. The van der Waals surface area contributed by atoms with Gasteiger partial charge in [-0.3, -0.25) is 0 Å². The summed E-state index contributed by atoms with van der Waals surface area (Å²) in [7, 11) is 0. The average Bonchev–Trinajstić information content (AvgIpc) is 2.03. The summed E-state index contributed by atoms with van der Waals surface area (Å²) in [5.74, 6) is 0.456. The molecule has 0 amide bonds. The second kappa shape index (κ2) is 3.68. The van der Waals surface area contributed by atoms with Gasteiger partial charge >= 0.3 is 0 Å². The van der Waals surface area contributed by atoms with Crippen molar-refractivity contribution in [3.63, 3.8) is 0 Å². The number of rotatable bonds is 2. The van der Waals surface area contributed by atoms with Crippen LogP contribution in [-0.4, -0.2) is 26.3 Å². The van der Waals surface area contributed by atoms with E-state index in [-0.39, 0.29) is 5.95 Å². The quantitative estimate of drug-likeness (QED) is 0.643. The Labute approximate surface area is 74.4 Å². The van der Waals surface area contributed by atoms with E-state index in [4.69, 9.17) is 10.8 Å². The van der Waals surface area contributed by atoms with E-state index in [1.807, 2.05) is 6.26 Å². The number of aliphatic hydroxyl groups is 1. The minimum Gasteiger partial charge on any atom is -0.385 e. The summed E-state index contributed by atoms with van der Waals surface area (Å²) in [6.45, 7) is 1.58. The monoisotopic (exact) mass is 186 g/mol. The highest BCUT2D eigenvalue weighted by Crippen LogP contribution is 2.13. The molecule has 0 fully saturated rings. The number of hydrogen-bond donors (Lipinski definition) is 2. The second-order valence-electron chi connectivity index (χ2n) is 2.21. The average molecular weight is 186 g/mol. The Kier molecular flexibility index (Phi) is 2.83. The molecule has 1 aromatic rings. The van der Waals surface area contributed by atoms with Gasteiger partial charge in [0.1, 0.15) is 6.10 Å². The van der Waals surface area contributed by atoms with Crippen molar-refractivity contribution in [1.82, 2.24) is 15.0 Å². The van der Waals surface area contributed by atoms with Gasteiger partial charge in [-0.1, -0.05) is 11.8 Å². The predicted octanol–water partition coefficient (Wildman–Crippen LogP) is 0.229. The van der Waals surface area contributed by atoms with Crippen molar-refractivity contribution in [3.05, 3.63) is 5.82 Å². The van der Waals surface area contributed by atoms with Crippen molar-refractivity contribution in [3.8, 4) is 0 Å². The molecule has 5 nitrogen and oxygen atoms in total. The summed E-state index contributed by atoms with van der Waals surface area (Å²) < 4.78 is 0. The number of nitrogens with two attached hydrogens (primary N) is 1. The Morgan fingerprint density at radius 2 is 2.08 bits per heavy atom. The van der Waals surface area contributed by atoms with E-state index in [0.29, 0.717) is 11.0 Å². The Bertz CT molecular complexity index is 278. The van der Waals surface area contributed by atoms with Gasteiger partial charge < -0.3 is 10.8 Å². The van der Waals surface area contributed by atoms with E-state index in [2.05, 4.69) is 15.0 Å². The lowest BCUT2D eigenvalue weighted by Crippen LogP contribution is -2.06. The maximum absolute atomic E-state index is 9.15. The number of nitrogens with zero attached hydrogens (tertiary/aromatic N) is 3. The third-order valence-corrected chi connectivity index (χ3v) is 1.75. The van der Waals surface area contributed by atoms with Crippen LogP contribution in [0, 0.1) is 0 Å². The fourth-order valence-corrected chi connectivity index (χ4v) is 1.04. The molecule has 0 bridgehead atoms. The van der Waals surface area contributed by atoms with Gasteiger partial charge in [-0.15, -0.1) is 0 Å². The van der Waals surface area contributed by atoms with Crippen molar-refractivity contribution >= 4 is 17.7 Å². The lowest BCUT2D eigenvalue weighted by atomic mass is 10.4. The summed E-state index contributed by atoms with van der Waals surface area (Å²) in [5, 5.41) is 9.68. The van der Waals surface area contributed by atoms with Crippen LogP contribution < -0.4 is 5.73 Å². The van der Waals surface area contributed by atoms with Crippen molar-refractivity contribution in [2.24, 2.45) is 0 Å². The Morgan fingerprint density at radius 3 is 2.58 bits per heavy atom. The van der Waals surface area contributed by atoms with Crippen LogP contribution in [0.1, 0.15) is 18.9 Å². The van der Waals surface area contributed by atoms with E-state index in [9.17, 15) is 0 Å². The van der Waals surface area contributed by atoms with Crippen LogP contribution in [0.15, 0.2) is 5.16 Å². The van der Waals surface area contributed by atoms with Crippen LogP contribution in [0.4, 0.5) is 5.95 Å². The minimum absolute atomic E-state index is 0.144. The highest BCUT2D eigenvalue weighted by atomic mass is 32.2. The molecular formula is C6H10N4OS. The maximum Gasteiger partial charge on any atom is 0.224 e. The first-order chi connectivity index (χ1) is 5.63. The first kappa shape index (κ1) is 9.21. The zero-order valence-electron chi connectivity index (χ0n) is 6.85. The summed E-state index contributed by atoms with van der Waals surface area (Å²) in [6, 6.07) is 0. The molecule has 0 saturated carbocycles.